The first kappa shape index (κ1) is 21.4. The summed E-state index contributed by atoms with van der Waals surface area (Å²) >= 11 is 0. The number of nitrogens with zero attached hydrogens (tertiary/aromatic N) is 3. The number of hydrogen-bond donors (Lipinski definition) is 3. The Morgan fingerprint density at radius 2 is 1.97 bits per heavy atom. The zero-order chi connectivity index (χ0) is 22.6. The molecule has 1 aliphatic heterocycles. The van der Waals surface area contributed by atoms with E-state index in [9.17, 15) is 4.39 Å². The van der Waals surface area contributed by atoms with Gasteiger partial charge in [0.15, 0.2) is 6.80 Å². The lowest BCUT2D eigenvalue weighted by molar-refractivity contribution is 0.388. The molecule has 1 unspecified atom stereocenters. The van der Waals surface area contributed by atoms with E-state index in [1.807, 2.05) is 36.4 Å². The van der Waals surface area contributed by atoms with Crippen molar-refractivity contribution in [1.82, 2.24) is 25.2 Å². The quantitative estimate of drug-likeness (QED) is 0.364. The summed E-state index contributed by atoms with van der Waals surface area (Å²) < 4.78 is 21.3. The Hall–Kier alpha value is -3.43. The lowest BCUT2D eigenvalue weighted by Crippen LogP contribution is -2.30. The van der Waals surface area contributed by atoms with Crippen LogP contribution >= 0.6 is 0 Å². The molecule has 0 saturated carbocycles. The normalized spacial score (nSPS) is 15.7. The summed E-state index contributed by atoms with van der Waals surface area (Å²) in [5.41, 5.74) is 3.65. The summed E-state index contributed by atoms with van der Waals surface area (Å²) in [5, 5.41) is 10.0. The third-order valence-corrected chi connectivity index (χ3v) is 5.66. The van der Waals surface area contributed by atoms with Gasteiger partial charge in [0.05, 0.1) is 16.7 Å². The first-order valence-corrected chi connectivity index (χ1v) is 10.9. The topological polar surface area (TPSA) is 76.0 Å². The Balaban J connectivity index is 1.33. The number of anilines is 2. The van der Waals surface area contributed by atoms with E-state index in [-0.39, 0.29) is 0 Å². The van der Waals surface area contributed by atoms with Crippen LogP contribution < -0.4 is 26.2 Å². The predicted molar refractivity (Wildman–Crippen MR) is 128 cm³/mol. The second-order valence-corrected chi connectivity index (χ2v) is 8.04. The Bertz CT molecular complexity index is 1240. The molecular weight excluding hydrogens is 418 g/mol. The maximum atomic E-state index is 13.8. The molecule has 1 atom stereocenters. The van der Waals surface area contributed by atoms with E-state index in [1.54, 1.807) is 24.4 Å². The maximum absolute atomic E-state index is 13.8. The molecule has 2 aromatic heterocycles. The van der Waals surface area contributed by atoms with E-state index >= 15 is 0 Å². The van der Waals surface area contributed by atoms with Gasteiger partial charge in [0.25, 0.3) is 0 Å². The predicted octanol–water partition coefficient (Wildman–Crippen LogP) is 3.14. The molecule has 2 radical (unpaired) electrons. The SMILES string of the molecule is [B]c1ccc(Nc2nc3cc(Oc4ccnc(CNC5CCNC5)c4)ccc3n2CF)cc1. The highest BCUT2D eigenvalue weighted by atomic mass is 19.1. The monoisotopic (exact) mass is 442 g/mol. The van der Waals surface area contributed by atoms with E-state index in [2.05, 4.69) is 25.9 Å². The average molecular weight is 442 g/mol. The number of rotatable bonds is 8. The van der Waals surface area contributed by atoms with Gasteiger partial charge in [-0.2, -0.15) is 0 Å². The van der Waals surface area contributed by atoms with Gasteiger partial charge >= 0.3 is 0 Å². The van der Waals surface area contributed by atoms with Crippen LogP contribution in [0, 0.1) is 0 Å². The van der Waals surface area contributed by atoms with Crippen LogP contribution in [0.5, 0.6) is 11.5 Å². The average Bonchev–Trinajstić information content (AvgIpc) is 3.46. The summed E-state index contributed by atoms with van der Waals surface area (Å²) in [4.78, 5) is 8.99. The molecule has 1 saturated heterocycles. The number of aromatic nitrogens is 3. The number of ether oxygens (including phenoxy) is 1. The number of hydrogen-bond acceptors (Lipinski definition) is 6. The number of halogens is 1. The Labute approximate surface area is 192 Å². The van der Waals surface area contributed by atoms with E-state index in [0.29, 0.717) is 46.5 Å². The summed E-state index contributed by atoms with van der Waals surface area (Å²) in [6, 6.07) is 16.8. The number of pyridine rings is 1. The summed E-state index contributed by atoms with van der Waals surface area (Å²) in [5.74, 6) is 1.72. The van der Waals surface area contributed by atoms with Crippen molar-refractivity contribution in [3.8, 4) is 11.5 Å². The highest BCUT2D eigenvalue weighted by molar-refractivity contribution is 6.32. The number of alkyl halides is 1. The molecule has 3 heterocycles. The molecule has 9 heteroatoms. The molecular formula is C24H24BFN6O. The van der Waals surface area contributed by atoms with Gasteiger partial charge in [0, 0.05) is 43.1 Å². The van der Waals surface area contributed by atoms with Crippen molar-refractivity contribution in [2.75, 3.05) is 18.4 Å². The molecule has 166 valence electrons. The fraction of sp³-hybridized carbons (Fsp3) is 0.250. The third kappa shape index (κ3) is 4.99. The molecule has 33 heavy (non-hydrogen) atoms. The molecule has 0 spiro atoms. The maximum Gasteiger partial charge on any atom is 0.210 e. The van der Waals surface area contributed by atoms with Crippen molar-refractivity contribution in [2.24, 2.45) is 0 Å². The molecule has 3 N–H and O–H groups in total. The molecule has 0 aliphatic carbocycles. The first-order chi connectivity index (χ1) is 16.2. The van der Waals surface area contributed by atoms with Gasteiger partial charge in [-0.25, -0.2) is 9.37 Å². The van der Waals surface area contributed by atoms with E-state index in [0.717, 1.165) is 30.9 Å². The van der Waals surface area contributed by atoms with Crippen LogP contribution in [0.4, 0.5) is 16.0 Å². The van der Waals surface area contributed by atoms with Crippen LogP contribution in [0.15, 0.2) is 60.8 Å². The van der Waals surface area contributed by atoms with E-state index in [4.69, 9.17) is 12.6 Å². The molecule has 7 nitrogen and oxygen atoms in total. The van der Waals surface area contributed by atoms with Crippen molar-refractivity contribution < 1.29 is 9.13 Å². The minimum atomic E-state index is -0.703. The highest BCUT2D eigenvalue weighted by Crippen LogP contribution is 2.29. The second-order valence-electron chi connectivity index (χ2n) is 8.04. The van der Waals surface area contributed by atoms with Gasteiger partial charge < -0.3 is 20.7 Å². The fourth-order valence-electron chi connectivity index (χ4n) is 3.92. The van der Waals surface area contributed by atoms with Crippen LogP contribution in [-0.4, -0.2) is 41.5 Å². The Morgan fingerprint density at radius 3 is 2.76 bits per heavy atom. The van der Waals surface area contributed by atoms with Crippen molar-refractivity contribution in [3.05, 3.63) is 66.5 Å². The number of nitrogens with one attached hydrogen (secondary N) is 3. The van der Waals surface area contributed by atoms with E-state index in [1.165, 1.54) is 4.57 Å². The van der Waals surface area contributed by atoms with Crippen molar-refractivity contribution >= 4 is 36.0 Å². The highest BCUT2D eigenvalue weighted by Gasteiger charge is 2.14. The second kappa shape index (κ2) is 9.60. The van der Waals surface area contributed by atoms with Crippen LogP contribution in [-0.2, 0) is 13.3 Å². The molecule has 1 fully saturated rings. The largest absolute Gasteiger partial charge is 0.457 e. The van der Waals surface area contributed by atoms with Gasteiger partial charge in [-0.3, -0.25) is 9.55 Å². The van der Waals surface area contributed by atoms with Gasteiger partial charge in [-0.1, -0.05) is 17.6 Å². The van der Waals surface area contributed by atoms with Crippen LogP contribution in [0.3, 0.4) is 0 Å². The van der Waals surface area contributed by atoms with Gasteiger partial charge in [0.1, 0.15) is 19.3 Å². The zero-order valence-corrected chi connectivity index (χ0v) is 18.1. The summed E-state index contributed by atoms with van der Waals surface area (Å²) in [6.45, 7) is 2.01. The van der Waals surface area contributed by atoms with Crippen LogP contribution in [0.1, 0.15) is 12.1 Å². The summed E-state index contributed by atoms with van der Waals surface area (Å²) in [6.07, 6.45) is 2.86. The van der Waals surface area contributed by atoms with Crippen molar-refractivity contribution in [1.29, 1.82) is 0 Å². The summed E-state index contributed by atoms with van der Waals surface area (Å²) in [7, 11) is 5.74. The van der Waals surface area contributed by atoms with Gasteiger partial charge in [-0.05, 0) is 43.3 Å². The minimum absolute atomic E-state index is 0.410. The molecule has 0 bridgehead atoms. The fourth-order valence-corrected chi connectivity index (χ4v) is 3.92. The standard InChI is InChI=1S/C24H24BFN6O/c25-16-1-3-17(4-2-16)30-24-31-22-12-20(5-6-23(22)32(24)15-26)33-21-8-10-28-19(11-21)14-29-18-7-9-27-13-18/h1-6,8,10-12,18,27,29H,7,9,13-15H2,(H,30,31). The smallest absolute Gasteiger partial charge is 0.210 e. The molecule has 2 aromatic carbocycles. The number of benzene rings is 2. The lowest BCUT2D eigenvalue weighted by atomic mass is 9.96. The lowest BCUT2D eigenvalue weighted by Gasteiger charge is -2.11. The Morgan fingerprint density at radius 1 is 1.12 bits per heavy atom. The molecule has 0 amide bonds. The van der Waals surface area contributed by atoms with Crippen LogP contribution in [0.25, 0.3) is 11.0 Å². The molecule has 1 aliphatic rings. The van der Waals surface area contributed by atoms with Crippen molar-refractivity contribution in [3.63, 3.8) is 0 Å². The van der Waals surface area contributed by atoms with E-state index < -0.39 is 6.80 Å². The van der Waals surface area contributed by atoms with Crippen molar-refractivity contribution in [2.45, 2.75) is 25.8 Å². The minimum Gasteiger partial charge on any atom is -0.457 e. The molecule has 4 aromatic rings. The third-order valence-electron chi connectivity index (χ3n) is 5.66. The first-order valence-electron chi connectivity index (χ1n) is 10.9. The van der Waals surface area contributed by atoms with Gasteiger partial charge in [0.2, 0.25) is 5.95 Å². The van der Waals surface area contributed by atoms with Gasteiger partial charge in [-0.15, -0.1) is 0 Å². The van der Waals surface area contributed by atoms with Crippen LogP contribution in [0.2, 0.25) is 0 Å². The zero-order valence-electron chi connectivity index (χ0n) is 18.1. The Kier molecular flexibility index (Phi) is 6.23. The molecule has 5 rings (SSSR count). The number of imidazole rings is 1. The number of fused-ring (bicyclic) bond motifs is 1.